The fourth-order valence-corrected chi connectivity index (χ4v) is 9.86. The molecule has 0 atom stereocenters. The second-order valence-corrected chi connectivity index (χ2v) is 15.5. The SMILES string of the molecule is c1ccc(-c2nc(-c3ccccc3)nc(-c3ccc4sc5c(ccc6c7cccc(-n8c9ccccc9c9ccccc98)c7n(-c7ccccc7)c65)c4c3)n2)cc1. The van der Waals surface area contributed by atoms with Gasteiger partial charge in [0.15, 0.2) is 17.5 Å². The summed E-state index contributed by atoms with van der Waals surface area (Å²) in [7, 11) is 0. The van der Waals surface area contributed by atoms with E-state index in [1.165, 1.54) is 63.8 Å². The number of para-hydroxylation sites is 4. The first-order valence-corrected chi connectivity index (χ1v) is 19.9. The van der Waals surface area contributed by atoms with Gasteiger partial charge in [-0.05, 0) is 48.5 Å². The second-order valence-electron chi connectivity index (χ2n) is 14.4. The molecule has 0 saturated carbocycles. The molecule has 0 fully saturated rings. The van der Waals surface area contributed by atoms with Gasteiger partial charge >= 0.3 is 0 Å². The van der Waals surface area contributed by atoms with Crippen LogP contribution in [0.25, 0.3) is 109 Å². The van der Waals surface area contributed by atoms with Gasteiger partial charge in [0.05, 0.1) is 32.5 Å². The van der Waals surface area contributed by atoms with Gasteiger partial charge in [0.1, 0.15) is 0 Å². The molecule has 0 bridgehead atoms. The molecular formula is C51H31N5S. The molecule has 57 heavy (non-hydrogen) atoms. The van der Waals surface area contributed by atoms with Gasteiger partial charge < -0.3 is 9.13 Å². The van der Waals surface area contributed by atoms with E-state index in [0.717, 1.165) is 28.1 Å². The number of benzene rings is 8. The zero-order valence-electron chi connectivity index (χ0n) is 30.5. The Kier molecular flexibility index (Phi) is 7.03. The van der Waals surface area contributed by atoms with E-state index in [-0.39, 0.29) is 0 Å². The van der Waals surface area contributed by atoms with E-state index in [4.69, 9.17) is 15.0 Å². The van der Waals surface area contributed by atoms with Crippen LogP contribution in [-0.2, 0) is 0 Å². The average molecular weight is 746 g/mol. The lowest BCUT2D eigenvalue weighted by Crippen LogP contribution is -2.00. The van der Waals surface area contributed by atoms with Crippen LogP contribution in [0.5, 0.6) is 0 Å². The second kappa shape index (κ2) is 12.6. The van der Waals surface area contributed by atoms with Crippen molar-refractivity contribution in [3.63, 3.8) is 0 Å². The van der Waals surface area contributed by atoms with Crippen LogP contribution in [0.15, 0.2) is 188 Å². The van der Waals surface area contributed by atoms with Gasteiger partial charge in [-0.25, -0.2) is 15.0 Å². The van der Waals surface area contributed by atoms with E-state index < -0.39 is 0 Å². The van der Waals surface area contributed by atoms with Gasteiger partial charge in [-0.3, -0.25) is 0 Å². The van der Waals surface area contributed by atoms with Crippen molar-refractivity contribution >= 4 is 75.1 Å². The summed E-state index contributed by atoms with van der Waals surface area (Å²) < 4.78 is 7.40. The maximum atomic E-state index is 5.06. The molecule has 4 heterocycles. The number of aromatic nitrogens is 5. The third-order valence-electron chi connectivity index (χ3n) is 11.2. The predicted molar refractivity (Wildman–Crippen MR) is 238 cm³/mol. The van der Waals surface area contributed by atoms with Crippen LogP contribution in [0.3, 0.4) is 0 Å². The Labute approximate surface area is 331 Å². The highest BCUT2D eigenvalue weighted by molar-refractivity contribution is 7.26. The molecule has 6 heteroatoms. The van der Waals surface area contributed by atoms with Crippen LogP contribution < -0.4 is 0 Å². The Hall–Kier alpha value is -7.41. The Morgan fingerprint density at radius 2 is 0.877 bits per heavy atom. The van der Waals surface area contributed by atoms with Crippen molar-refractivity contribution in [3.05, 3.63) is 188 Å². The van der Waals surface area contributed by atoms with Crippen LogP contribution in [0, 0.1) is 0 Å². The fourth-order valence-electron chi connectivity index (χ4n) is 8.64. The molecule has 0 spiro atoms. The first-order valence-electron chi connectivity index (χ1n) is 19.1. The van der Waals surface area contributed by atoms with Crippen molar-refractivity contribution in [2.45, 2.75) is 0 Å². The smallest absolute Gasteiger partial charge is 0.164 e. The van der Waals surface area contributed by atoms with Gasteiger partial charge in [-0.1, -0.05) is 140 Å². The summed E-state index contributed by atoms with van der Waals surface area (Å²) in [5.41, 5.74) is 9.93. The minimum Gasteiger partial charge on any atom is -0.307 e. The highest BCUT2D eigenvalue weighted by Gasteiger charge is 2.23. The van der Waals surface area contributed by atoms with Crippen molar-refractivity contribution in [3.8, 4) is 45.5 Å². The largest absolute Gasteiger partial charge is 0.307 e. The summed E-state index contributed by atoms with van der Waals surface area (Å²) in [6.45, 7) is 0. The molecule has 0 unspecified atom stereocenters. The lowest BCUT2D eigenvalue weighted by molar-refractivity contribution is 1.07. The number of hydrogen-bond donors (Lipinski definition) is 0. The Morgan fingerprint density at radius 3 is 1.53 bits per heavy atom. The topological polar surface area (TPSA) is 48.5 Å². The molecule has 0 aliphatic carbocycles. The van der Waals surface area contributed by atoms with E-state index in [9.17, 15) is 0 Å². The number of rotatable bonds is 5. The summed E-state index contributed by atoms with van der Waals surface area (Å²) in [5.74, 6) is 1.96. The van der Waals surface area contributed by atoms with Crippen molar-refractivity contribution in [1.82, 2.24) is 24.1 Å². The standard InChI is InChI=1S/C51H31N5S/c1-4-15-32(16-5-1)49-52-50(33-17-6-2-7-18-33)54-51(53-49)34-27-30-45-41(31-34)40-29-28-39-38-23-14-26-44(46(38)55(47(39)48(40)57-45)35-19-8-3-9-20-35)56-42-24-12-10-21-36(42)37-22-11-13-25-43(37)56/h1-31H. The maximum absolute atomic E-state index is 5.06. The van der Waals surface area contributed by atoms with Crippen molar-refractivity contribution in [2.24, 2.45) is 0 Å². The Morgan fingerprint density at radius 1 is 0.351 bits per heavy atom. The summed E-state index contributed by atoms with van der Waals surface area (Å²) >= 11 is 1.85. The first-order chi connectivity index (χ1) is 28.3. The van der Waals surface area contributed by atoms with Crippen molar-refractivity contribution in [2.75, 3.05) is 0 Å². The Balaban J connectivity index is 1.13. The average Bonchev–Trinajstić information content (AvgIpc) is 3.95. The van der Waals surface area contributed by atoms with Gasteiger partial charge in [0, 0.05) is 59.4 Å². The molecule has 0 radical (unpaired) electrons. The minimum absolute atomic E-state index is 0.652. The lowest BCUT2D eigenvalue weighted by Gasteiger charge is -2.14. The first kappa shape index (κ1) is 31.9. The monoisotopic (exact) mass is 745 g/mol. The zero-order valence-corrected chi connectivity index (χ0v) is 31.4. The van der Waals surface area contributed by atoms with Crippen LogP contribution in [-0.4, -0.2) is 24.1 Å². The van der Waals surface area contributed by atoms with Gasteiger partial charge in [0.2, 0.25) is 0 Å². The van der Waals surface area contributed by atoms with E-state index in [1.54, 1.807) is 0 Å². The summed E-state index contributed by atoms with van der Waals surface area (Å²) in [6, 6.07) is 66.6. The van der Waals surface area contributed by atoms with Crippen LogP contribution in [0.4, 0.5) is 0 Å². The van der Waals surface area contributed by atoms with E-state index in [1.807, 2.05) is 72.0 Å². The quantitative estimate of drug-likeness (QED) is 0.176. The zero-order chi connectivity index (χ0) is 37.5. The fraction of sp³-hybridized carbons (Fsp3) is 0. The predicted octanol–water partition coefficient (Wildman–Crippen LogP) is 13.4. The number of nitrogens with zero attached hydrogens (tertiary/aromatic N) is 5. The molecule has 5 nitrogen and oxygen atoms in total. The maximum Gasteiger partial charge on any atom is 0.164 e. The minimum atomic E-state index is 0.652. The summed E-state index contributed by atoms with van der Waals surface area (Å²) in [6.07, 6.45) is 0. The van der Waals surface area contributed by atoms with Crippen LogP contribution >= 0.6 is 11.3 Å². The number of hydrogen-bond acceptors (Lipinski definition) is 4. The summed E-state index contributed by atoms with van der Waals surface area (Å²) in [4.78, 5) is 15.0. The molecule has 4 aromatic heterocycles. The van der Waals surface area contributed by atoms with E-state index >= 15 is 0 Å². The molecular weight excluding hydrogens is 715 g/mol. The van der Waals surface area contributed by atoms with Gasteiger partial charge in [-0.15, -0.1) is 11.3 Å². The van der Waals surface area contributed by atoms with Crippen molar-refractivity contribution < 1.29 is 0 Å². The molecule has 266 valence electrons. The molecule has 0 saturated heterocycles. The summed E-state index contributed by atoms with van der Waals surface area (Å²) in [5, 5.41) is 7.35. The highest BCUT2D eigenvalue weighted by Crippen LogP contribution is 2.46. The third kappa shape index (κ3) is 4.91. The van der Waals surface area contributed by atoms with Crippen molar-refractivity contribution in [1.29, 1.82) is 0 Å². The third-order valence-corrected chi connectivity index (χ3v) is 12.4. The molecule has 0 amide bonds. The molecule has 0 aliphatic rings. The van der Waals surface area contributed by atoms with E-state index in [0.29, 0.717) is 17.5 Å². The number of fused-ring (bicyclic) bond motifs is 10. The lowest BCUT2D eigenvalue weighted by atomic mass is 10.1. The number of thiophene rings is 1. The van der Waals surface area contributed by atoms with Crippen LogP contribution in [0.2, 0.25) is 0 Å². The molecule has 8 aromatic carbocycles. The van der Waals surface area contributed by atoms with E-state index in [2.05, 4.69) is 137 Å². The molecule has 0 aliphatic heterocycles. The molecule has 12 rings (SSSR count). The molecule has 12 aromatic rings. The highest BCUT2D eigenvalue weighted by atomic mass is 32.1. The molecule has 0 N–H and O–H groups in total. The Bertz CT molecular complexity index is 3400. The van der Waals surface area contributed by atoms with Crippen LogP contribution in [0.1, 0.15) is 0 Å². The van der Waals surface area contributed by atoms with Gasteiger partial charge in [0.25, 0.3) is 0 Å². The van der Waals surface area contributed by atoms with Gasteiger partial charge in [-0.2, -0.15) is 0 Å². The normalized spacial score (nSPS) is 11.9.